The monoisotopic (exact) mass is 291 g/mol. The molecular formula is C15H14FNO2S. The number of nitrogens with two attached hydrogens (primary N) is 1. The Morgan fingerprint density at radius 2 is 1.75 bits per heavy atom. The van der Waals surface area contributed by atoms with E-state index in [2.05, 4.69) is 0 Å². The van der Waals surface area contributed by atoms with Crippen molar-refractivity contribution >= 4 is 17.2 Å². The summed E-state index contributed by atoms with van der Waals surface area (Å²) in [6.07, 6.45) is 0. The van der Waals surface area contributed by atoms with Crippen LogP contribution in [0.25, 0.3) is 0 Å². The minimum Gasteiger partial charge on any atom is -0.490 e. The molecule has 5 heteroatoms. The molecule has 0 heterocycles. The van der Waals surface area contributed by atoms with E-state index in [4.69, 9.17) is 27.4 Å². The fourth-order valence-electron chi connectivity index (χ4n) is 1.65. The lowest BCUT2D eigenvalue weighted by Gasteiger charge is -2.11. The van der Waals surface area contributed by atoms with Crippen LogP contribution in [-0.4, -0.2) is 18.2 Å². The highest BCUT2D eigenvalue weighted by atomic mass is 32.1. The molecule has 0 radical (unpaired) electrons. The van der Waals surface area contributed by atoms with Crippen LogP contribution in [0.5, 0.6) is 11.5 Å². The first-order valence-corrected chi connectivity index (χ1v) is 6.47. The molecule has 0 unspecified atom stereocenters. The summed E-state index contributed by atoms with van der Waals surface area (Å²) < 4.78 is 24.1. The van der Waals surface area contributed by atoms with Gasteiger partial charge in [0.15, 0.2) is 0 Å². The van der Waals surface area contributed by atoms with E-state index in [-0.39, 0.29) is 4.99 Å². The number of hydrogen-bond donors (Lipinski definition) is 1. The number of ether oxygens (including phenoxy) is 2. The van der Waals surface area contributed by atoms with Gasteiger partial charge in [0.1, 0.15) is 35.5 Å². The van der Waals surface area contributed by atoms with Crippen LogP contribution in [0.1, 0.15) is 5.56 Å². The van der Waals surface area contributed by atoms with Gasteiger partial charge in [-0.05, 0) is 30.3 Å². The molecule has 0 aliphatic rings. The molecule has 3 nitrogen and oxygen atoms in total. The molecule has 0 saturated carbocycles. The standard InChI is InChI=1S/C15H14FNO2S/c16-11-6-7-14(13(10-11)15(17)20)19-9-8-18-12-4-2-1-3-5-12/h1-7,10H,8-9H2,(H2,17,20). The van der Waals surface area contributed by atoms with Gasteiger partial charge >= 0.3 is 0 Å². The Bertz CT molecular complexity index is 590. The van der Waals surface area contributed by atoms with Crippen LogP contribution in [-0.2, 0) is 0 Å². The zero-order valence-electron chi connectivity index (χ0n) is 10.7. The fraction of sp³-hybridized carbons (Fsp3) is 0.133. The van der Waals surface area contributed by atoms with Gasteiger partial charge in [0.05, 0.1) is 5.56 Å². The maximum Gasteiger partial charge on any atom is 0.129 e. The van der Waals surface area contributed by atoms with E-state index >= 15 is 0 Å². The number of para-hydroxylation sites is 1. The van der Waals surface area contributed by atoms with E-state index in [1.54, 1.807) is 0 Å². The number of rotatable bonds is 6. The quantitative estimate of drug-likeness (QED) is 0.656. The Morgan fingerprint density at radius 3 is 2.45 bits per heavy atom. The van der Waals surface area contributed by atoms with Crippen molar-refractivity contribution in [1.29, 1.82) is 0 Å². The van der Waals surface area contributed by atoms with Gasteiger partial charge in [-0.1, -0.05) is 30.4 Å². The Hall–Kier alpha value is -2.14. The smallest absolute Gasteiger partial charge is 0.129 e. The van der Waals surface area contributed by atoms with Crippen molar-refractivity contribution < 1.29 is 13.9 Å². The first-order valence-electron chi connectivity index (χ1n) is 6.07. The lowest BCUT2D eigenvalue weighted by atomic mass is 10.2. The van der Waals surface area contributed by atoms with E-state index in [0.717, 1.165) is 5.75 Å². The third kappa shape index (κ3) is 3.93. The molecular weight excluding hydrogens is 277 g/mol. The van der Waals surface area contributed by atoms with Crippen molar-refractivity contribution in [2.45, 2.75) is 0 Å². The van der Waals surface area contributed by atoms with Gasteiger partial charge in [0.2, 0.25) is 0 Å². The molecule has 0 aliphatic carbocycles. The average molecular weight is 291 g/mol. The summed E-state index contributed by atoms with van der Waals surface area (Å²) in [5.74, 6) is 0.820. The second kappa shape index (κ2) is 6.86. The average Bonchev–Trinajstić information content (AvgIpc) is 2.45. The molecule has 0 fully saturated rings. The molecule has 0 bridgehead atoms. The normalized spacial score (nSPS) is 10.1. The second-order valence-electron chi connectivity index (χ2n) is 4.01. The zero-order valence-corrected chi connectivity index (χ0v) is 11.5. The molecule has 0 aromatic heterocycles. The predicted molar refractivity (Wildman–Crippen MR) is 79.7 cm³/mol. The molecule has 0 saturated heterocycles. The molecule has 2 rings (SSSR count). The van der Waals surface area contributed by atoms with Gasteiger partial charge < -0.3 is 15.2 Å². The van der Waals surface area contributed by atoms with Crippen molar-refractivity contribution in [2.24, 2.45) is 5.73 Å². The van der Waals surface area contributed by atoms with Crippen LogP contribution < -0.4 is 15.2 Å². The van der Waals surface area contributed by atoms with Crippen LogP contribution in [0.4, 0.5) is 4.39 Å². The summed E-state index contributed by atoms with van der Waals surface area (Å²) in [7, 11) is 0. The molecule has 2 aromatic rings. The Morgan fingerprint density at radius 1 is 1.05 bits per heavy atom. The summed E-state index contributed by atoms with van der Waals surface area (Å²) in [5, 5.41) is 0. The van der Waals surface area contributed by atoms with Gasteiger partial charge in [0, 0.05) is 0 Å². The largest absolute Gasteiger partial charge is 0.490 e. The van der Waals surface area contributed by atoms with Crippen LogP contribution in [0.3, 0.4) is 0 Å². The summed E-state index contributed by atoms with van der Waals surface area (Å²) in [4.78, 5) is 0.100. The Balaban J connectivity index is 1.90. The van der Waals surface area contributed by atoms with Crippen molar-refractivity contribution in [1.82, 2.24) is 0 Å². The number of halogens is 1. The molecule has 2 aromatic carbocycles. The Kier molecular flexibility index (Phi) is 4.90. The van der Waals surface area contributed by atoms with E-state index < -0.39 is 5.82 Å². The van der Waals surface area contributed by atoms with Gasteiger partial charge in [-0.3, -0.25) is 0 Å². The summed E-state index contributed by atoms with van der Waals surface area (Å²) in [5.41, 5.74) is 5.92. The molecule has 2 N–H and O–H groups in total. The lowest BCUT2D eigenvalue weighted by molar-refractivity contribution is 0.217. The first kappa shape index (κ1) is 14.3. The van der Waals surface area contributed by atoms with Gasteiger partial charge in [-0.25, -0.2) is 4.39 Å². The topological polar surface area (TPSA) is 44.5 Å². The predicted octanol–water partition coefficient (Wildman–Crippen LogP) is 2.92. The van der Waals surface area contributed by atoms with Crippen molar-refractivity contribution in [3.8, 4) is 11.5 Å². The maximum absolute atomic E-state index is 13.1. The van der Waals surface area contributed by atoms with Crippen LogP contribution in [0.2, 0.25) is 0 Å². The minimum absolute atomic E-state index is 0.100. The highest BCUT2D eigenvalue weighted by Gasteiger charge is 2.08. The van der Waals surface area contributed by atoms with Crippen molar-refractivity contribution in [3.05, 3.63) is 59.9 Å². The summed E-state index contributed by atoms with van der Waals surface area (Å²) in [6, 6.07) is 13.5. The minimum atomic E-state index is -0.402. The molecule has 0 spiro atoms. The first-order chi connectivity index (χ1) is 9.66. The van der Waals surface area contributed by atoms with Gasteiger partial charge in [-0.15, -0.1) is 0 Å². The third-order valence-electron chi connectivity index (χ3n) is 2.56. The van der Waals surface area contributed by atoms with Crippen LogP contribution in [0, 0.1) is 5.82 Å². The SMILES string of the molecule is NC(=S)c1cc(F)ccc1OCCOc1ccccc1. The van der Waals surface area contributed by atoms with Crippen molar-refractivity contribution in [3.63, 3.8) is 0 Å². The molecule has 20 heavy (non-hydrogen) atoms. The number of hydrogen-bond acceptors (Lipinski definition) is 3. The molecule has 0 amide bonds. The summed E-state index contributed by atoms with van der Waals surface area (Å²) in [6.45, 7) is 0.689. The molecule has 0 atom stereocenters. The maximum atomic E-state index is 13.1. The third-order valence-corrected chi connectivity index (χ3v) is 2.78. The van der Waals surface area contributed by atoms with Crippen molar-refractivity contribution in [2.75, 3.05) is 13.2 Å². The number of benzene rings is 2. The van der Waals surface area contributed by atoms with E-state index in [0.29, 0.717) is 24.5 Å². The fourth-order valence-corrected chi connectivity index (χ4v) is 1.81. The highest BCUT2D eigenvalue weighted by Crippen LogP contribution is 2.19. The zero-order chi connectivity index (χ0) is 14.4. The van der Waals surface area contributed by atoms with E-state index in [1.165, 1.54) is 18.2 Å². The summed E-state index contributed by atoms with van der Waals surface area (Å²) >= 11 is 4.86. The highest BCUT2D eigenvalue weighted by molar-refractivity contribution is 7.80. The lowest BCUT2D eigenvalue weighted by Crippen LogP contribution is -2.15. The van der Waals surface area contributed by atoms with E-state index in [1.807, 2.05) is 30.3 Å². The van der Waals surface area contributed by atoms with Gasteiger partial charge in [0.25, 0.3) is 0 Å². The second-order valence-corrected chi connectivity index (χ2v) is 4.45. The van der Waals surface area contributed by atoms with E-state index in [9.17, 15) is 4.39 Å². The van der Waals surface area contributed by atoms with Gasteiger partial charge in [-0.2, -0.15) is 0 Å². The molecule has 0 aliphatic heterocycles. The van der Waals surface area contributed by atoms with Crippen LogP contribution in [0.15, 0.2) is 48.5 Å². The van der Waals surface area contributed by atoms with Crippen LogP contribution >= 0.6 is 12.2 Å². The Labute approximate surface area is 122 Å². The molecule has 104 valence electrons. The number of thiocarbonyl (C=S) groups is 1.